The van der Waals surface area contributed by atoms with Gasteiger partial charge in [-0.25, -0.2) is 0 Å². The van der Waals surface area contributed by atoms with Crippen LogP contribution in [0.1, 0.15) is 0 Å². The fraction of sp³-hybridized carbons (Fsp3) is 0.0164. The Morgan fingerprint density at radius 2 is 0.394 bits per heavy atom. The standard InChI is InChI=1S/C61H47N5/c1-62-60-42-40-56(65(50-28-16-6-17-29-50)54-36-32-52(33-37-54)63(46-20-8-2-9-21-46)47-22-10-3-11-23-47)44-58(60)59-45-57(41-43-61(59)62)66(51-30-18-7-19-31-51)55-38-34-53(35-39-55)64(48-24-12-4-13-25-48)49-26-14-5-15-27-49/h2-45H,1H3. The Balaban J connectivity index is 0.997. The van der Waals surface area contributed by atoms with Crippen molar-refractivity contribution in [3.63, 3.8) is 0 Å². The molecule has 1 heterocycles. The molecule has 11 rings (SSSR count). The van der Waals surface area contributed by atoms with Gasteiger partial charge >= 0.3 is 0 Å². The molecule has 0 aliphatic rings. The van der Waals surface area contributed by atoms with Gasteiger partial charge in [-0.15, -0.1) is 0 Å². The SMILES string of the molecule is Cn1c2ccc(N(c3ccccc3)c3ccc(N(c4ccccc4)c4ccccc4)cc3)cc2c2cc(N(c3ccccc3)c3ccc(N(c4ccccc4)c4ccccc4)cc3)ccc21. The molecule has 0 amide bonds. The average molecular weight is 850 g/mol. The molecule has 0 aliphatic carbocycles. The molecule has 0 atom stereocenters. The summed E-state index contributed by atoms with van der Waals surface area (Å²) in [5.41, 5.74) is 15.4. The number of aromatic nitrogens is 1. The molecule has 5 nitrogen and oxygen atoms in total. The maximum absolute atomic E-state index is 2.35. The highest BCUT2D eigenvalue weighted by Gasteiger charge is 2.20. The maximum atomic E-state index is 2.35. The van der Waals surface area contributed by atoms with E-state index < -0.39 is 0 Å². The monoisotopic (exact) mass is 849 g/mol. The zero-order chi connectivity index (χ0) is 44.2. The summed E-state index contributed by atoms with van der Waals surface area (Å²) >= 11 is 0. The van der Waals surface area contributed by atoms with Gasteiger partial charge in [0.15, 0.2) is 0 Å². The molecular weight excluding hydrogens is 803 g/mol. The van der Waals surface area contributed by atoms with Crippen LogP contribution in [0.5, 0.6) is 0 Å². The van der Waals surface area contributed by atoms with E-state index in [4.69, 9.17) is 0 Å². The summed E-state index contributed by atoms with van der Waals surface area (Å²) in [5.74, 6) is 0. The number of nitrogens with zero attached hydrogens (tertiary/aromatic N) is 5. The zero-order valence-electron chi connectivity index (χ0n) is 36.6. The van der Waals surface area contributed by atoms with E-state index >= 15 is 0 Å². The highest BCUT2D eigenvalue weighted by Crippen LogP contribution is 2.44. The topological polar surface area (TPSA) is 17.9 Å². The fourth-order valence-corrected chi connectivity index (χ4v) is 9.23. The summed E-state index contributed by atoms with van der Waals surface area (Å²) < 4.78 is 2.31. The number of hydrogen-bond donors (Lipinski definition) is 0. The molecule has 5 heteroatoms. The Labute approximate surface area is 386 Å². The largest absolute Gasteiger partial charge is 0.344 e. The Morgan fingerprint density at radius 1 is 0.212 bits per heavy atom. The zero-order valence-corrected chi connectivity index (χ0v) is 36.6. The van der Waals surface area contributed by atoms with E-state index in [9.17, 15) is 0 Å². The molecule has 10 aromatic carbocycles. The molecule has 316 valence electrons. The smallest absolute Gasteiger partial charge is 0.0490 e. The maximum Gasteiger partial charge on any atom is 0.0490 e. The molecule has 0 bridgehead atoms. The van der Waals surface area contributed by atoms with Gasteiger partial charge in [-0.05, 0) is 158 Å². The fourth-order valence-electron chi connectivity index (χ4n) is 9.23. The van der Waals surface area contributed by atoms with E-state index in [1.165, 1.54) is 21.8 Å². The van der Waals surface area contributed by atoms with Crippen LogP contribution in [0.3, 0.4) is 0 Å². The van der Waals surface area contributed by atoms with Crippen molar-refractivity contribution >= 4 is 90.1 Å². The average Bonchev–Trinajstić information content (AvgIpc) is 3.67. The van der Waals surface area contributed by atoms with E-state index in [0.29, 0.717) is 0 Å². The second-order valence-electron chi connectivity index (χ2n) is 16.3. The van der Waals surface area contributed by atoms with E-state index in [2.05, 4.69) is 298 Å². The van der Waals surface area contributed by atoms with Crippen molar-refractivity contribution in [1.82, 2.24) is 4.57 Å². The third kappa shape index (κ3) is 7.69. The van der Waals surface area contributed by atoms with E-state index in [1.54, 1.807) is 0 Å². The van der Waals surface area contributed by atoms with Gasteiger partial charge in [-0.1, -0.05) is 109 Å². The summed E-state index contributed by atoms with van der Waals surface area (Å²) in [6.07, 6.45) is 0. The first-order chi connectivity index (χ1) is 32.7. The number of hydrogen-bond acceptors (Lipinski definition) is 4. The van der Waals surface area contributed by atoms with E-state index in [0.717, 1.165) is 68.2 Å². The summed E-state index contributed by atoms with van der Waals surface area (Å²) in [4.78, 5) is 9.31. The van der Waals surface area contributed by atoms with Crippen LogP contribution >= 0.6 is 0 Å². The van der Waals surface area contributed by atoms with Crippen molar-refractivity contribution in [2.45, 2.75) is 0 Å². The Morgan fingerprint density at radius 3 is 0.621 bits per heavy atom. The van der Waals surface area contributed by atoms with Gasteiger partial charge in [0.2, 0.25) is 0 Å². The number of aryl methyl sites for hydroxylation is 1. The van der Waals surface area contributed by atoms with Crippen LogP contribution in [0, 0.1) is 0 Å². The molecule has 1 aromatic heterocycles. The van der Waals surface area contributed by atoms with Crippen LogP contribution in [0.15, 0.2) is 267 Å². The van der Waals surface area contributed by atoms with Crippen LogP contribution in [0.4, 0.5) is 68.2 Å². The molecule has 0 radical (unpaired) electrons. The molecule has 0 aliphatic heterocycles. The minimum Gasteiger partial charge on any atom is -0.344 e. The van der Waals surface area contributed by atoms with Gasteiger partial charge in [0.05, 0.1) is 0 Å². The van der Waals surface area contributed by atoms with Crippen LogP contribution in [-0.2, 0) is 7.05 Å². The van der Waals surface area contributed by atoms with Gasteiger partial charge in [0, 0.05) is 97.1 Å². The second kappa shape index (κ2) is 17.8. The number of rotatable bonds is 12. The van der Waals surface area contributed by atoms with Crippen molar-refractivity contribution in [1.29, 1.82) is 0 Å². The molecule has 0 spiro atoms. The summed E-state index contributed by atoms with van der Waals surface area (Å²) in [6, 6.07) is 95.1. The first-order valence-corrected chi connectivity index (χ1v) is 22.4. The molecule has 11 aromatic rings. The molecular formula is C61H47N5. The van der Waals surface area contributed by atoms with Crippen LogP contribution in [0.25, 0.3) is 21.8 Å². The number of benzene rings is 10. The van der Waals surface area contributed by atoms with Crippen molar-refractivity contribution < 1.29 is 0 Å². The second-order valence-corrected chi connectivity index (χ2v) is 16.3. The quantitative estimate of drug-likeness (QED) is 0.122. The van der Waals surface area contributed by atoms with Gasteiger partial charge in [0.25, 0.3) is 0 Å². The van der Waals surface area contributed by atoms with Crippen LogP contribution in [0.2, 0.25) is 0 Å². The summed E-state index contributed by atoms with van der Waals surface area (Å²) in [6.45, 7) is 0. The molecule has 0 unspecified atom stereocenters. The number of fused-ring (bicyclic) bond motifs is 3. The Bertz CT molecular complexity index is 3030. The van der Waals surface area contributed by atoms with Gasteiger partial charge in [-0.3, -0.25) is 0 Å². The number of anilines is 12. The van der Waals surface area contributed by atoms with Gasteiger partial charge < -0.3 is 24.2 Å². The van der Waals surface area contributed by atoms with Crippen LogP contribution in [-0.4, -0.2) is 4.57 Å². The minimum atomic E-state index is 1.07. The molecule has 66 heavy (non-hydrogen) atoms. The van der Waals surface area contributed by atoms with Crippen LogP contribution < -0.4 is 19.6 Å². The third-order valence-corrected chi connectivity index (χ3v) is 12.3. The van der Waals surface area contributed by atoms with Crippen molar-refractivity contribution in [2.75, 3.05) is 19.6 Å². The first kappa shape index (κ1) is 40.0. The molecule has 0 N–H and O–H groups in total. The molecule has 0 saturated carbocycles. The lowest BCUT2D eigenvalue weighted by molar-refractivity contribution is 1.01. The highest BCUT2D eigenvalue weighted by atomic mass is 15.2. The first-order valence-electron chi connectivity index (χ1n) is 22.4. The third-order valence-electron chi connectivity index (χ3n) is 12.3. The predicted molar refractivity (Wildman–Crippen MR) is 279 cm³/mol. The Hall–Kier alpha value is -8.80. The lowest BCUT2D eigenvalue weighted by Crippen LogP contribution is -2.12. The normalized spacial score (nSPS) is 11.1. The van der Waals surface area contributed by atoms with Crippen molar-refractivity contribution in [3.8, 4) is 0 Å². The highest BCUT2D eigenvalue weighted by molar-refractivity contribution is 6.11. The molecule has 0 saturated heterocycles. The predicted octanol–water partition coefficient (Wildman–Crippen LogP) is 17.2. The van der Waals surface area contributed by atoms with Crippen molar-refractivity contribution in [3.05, 3.63) is 267 Å². The lowest BCUT2D eigenvalue weighted by Gasteiger charge is -2.28. The summed E-state index contributed by atoms with van der Waals surface area (Å²) in [5, 5.41) is 2.38. The van der Waals surface area contributed by atoms with E-state index in [1.807, 2.05) is 0 Å². The van der Waals surface area contributed by atoms with E-state index in [-0.39, 0.29) is 0 Å². The van der Waals surface area contributed by atoms with Gasteiger partial charge in [-0.2, -0.15) is 0 Å². The minimum absolute atomic E-state index is 1.07. The van der Waals surface area contributed by atoms with Crippen molar-refractivity contribution in [2.24, 2.45) is 7.05 Å². The van der Waals surface area contributed by atoms with Gasteiger partial charge in [0.1, 0.15) is 0 Å². The number of para-hydroxylation sites is 6. The molecule has 0 fully saturated rings. The lowest BCUT2D eigenvalue weighted by atomic mass is 10.1. The summed E-state index contributed by atoms with van der Waals surface area (Å²) in [7, 11) is 2.17. The Kier molecular flexibility index (Phi) is 10.8.